The zero-order valence-corrected chi connectivity index (χ0v) is 14.7. The molecule has 1 amide bonds. The number of halogens is 1. The highest BCUT2D eigenvalue weighted by Gasteiger charge is 2.26. The Morgan fingerprint density at radius 3 is 2.62 bits per heavy atom. The average Bonchev–Trinajstić information content (AvgIpc) is 2.46. The molecule has 0 aliphatic carbocycles. The minimum Gasteiger partial charge on any atom is -0.355 e. The van der Waals surface area contributed by atoms with Gasteiger partial charge in [-0.2, -0.15) is 0 Å². The first kappa shape index (κ1) is 18.1. The summed E-state index contributed by atoms with van der Waals surface area (Å²) >= 11 is 3.51. The molecule has 0 bridgehead atoms. The molecule has 5 heteroatoms. The van der Waals surface area contributed by atoms with Crippen molar-refractivity contribution in [1.82, 2.24) is 10.2 Å². The molecule has 1 rings (SSSR count). The molecule has 2 unspecified atom stereocenters. The third kappa shape index (κ3) is 5.41. The lowest BCUT2D eigenvalue weighted by Crippen LogP contribution is -2.45. The van der Waals surface area contributed by atoms with E-state index in [2.05, 4.69) is 52.1 Å². The van der Waals surface area contributed by atoms with Crippen LogP contribution in [0.3, 0.4) is 0 Å². The number of nitrogens with one attached hydrogen (secondary N) is 1. The van der Waals surface area contributed by atoms with Gasteiger partial charge in [0.2, 0.25) is 5.91 Å². The van der Waals surface area contributed by atoms with E-state index in [0.717, 1.165) is 23.0 Å². The van der Waals surface area contributed by atoms with E-state index in [-0.39, 0.29) is 18.0 Å². The van der Waals surface area contributed by atoms with Gasteiger partial charge in [-0.25, -0.2) is 0 Å². The van der Waals surface area contributed by atoms with Crippen molar-refractivity contribution < 1.29 is 4.79 Å². The molecule has 0 radical (unpaired) electrons. The zero-order chi connectivity index (χ0) is 15.8. The third-order valence-corrected chi connectivity index (χ3v) is 4.08. The SMILES string of the molecule is CCNC(=O)CN(CC)C(c1cccc(Br)c1)C(N)CC. The highest BCUT2D eigenvalue weighted by molar-refractivity contribution is 9.10. The van der Waals surface area contributed by atoms with Crippen LogP contribution in [0.1, 0.15) is 38.8 Å². The van der Waals surface area contributed by atoms with Crippen molar-refractivity contribution in [2.24, 2.45) is 5.73 Å². The van der Waals surface area contributed by atoms with Gasteiger partial charge in [0.05, 0.1) is 12.6 Å². The molecule has 0 fully saturated rings. The molecular weight excluding hydrogens is 330 g/mol. The van der Waals surface area contributed by atoms with Crippen LogP contribution in [-0.4, -0.2) is 36.5 Å². The summed E-state index contributed by atoms with van der Waals surface area (Å²) in [7, 11) is 0. The van der Waals surface area contributed by atoms with Crippen molar-refractivity contribution in [3.8, 4) is 0 Å². The number of nitrogens with two attached hydrogens (primary N) is 1. The van der Waals surface area contributed by atoms with Crippen LogP contribution in [0.15, 0.2) is 28.7 Å². The minimum absolute atomic E-state index is 0.00586. The minimum atomic E-state index is -0.00586. The van der Waals surface area contributed by atoms with Crippen molar-refractivity contribution in [2.45, 2.75) is 39.3 Å². The average molecular weight is 356 g/mol. The molecule has 0 aromatic heterocycles. The predicted molar refractivity (Wildman–Crippen MR) is 91.1 cm³/mol. The van der Waals surface area contributed by atoms with E-state index >= 15 is 0 Å². The number of hydrogen-bond acceptors (Lipinski definition) is 3. The Balaban J connectivity index is 3.01. The van der Waals surface area contributed by atoms with Crippen molar-refractivity contribution >= 4 is 21.8 Å². The van der Waals surface area contributed by atoms with E-state index in [4.69, 9.17) is 5.73 Å². The molecular formula is C16H26BrN3O. The van der Waals surface area contributed by atoms with Gasteiger partial charge in [-0.05, 0) is 37.6 Å². The molecule has 21 heavy (non-hydrogen) atoms. The molecule has 0 heterocycles. The molecule has 118 valence electrons. The smallest absolute Gasteiger partial charge is 0.234 e. The van der Waals surface area contributed by atoms with Gasteiger partial charge in [0.1, 0.15) is 0 Å². The Hall–Kier alpha value is -0.910. The van der Waals surface area contributed by atoms with Gasteiger partial charge >= 0.3 is 0 Å². The highest BCUT2D eigenvalue weighted by Crippen LogP contribution is 2.27. The Morgan fingerprint density at radius 2 is 2.10 bits per heavy atom. The topological polar surface area (TPSA) is 58.4 Å². The molecule has 1 aromatic rings. The van der Waals surface area contributed by atoms with Gasteiger partial charge in [0.25, 0.3) is 0 Å². The number of hydrogen-bond donors (Lipinski definition) is 2. The van der Waals surface area contributed by atoms with E-state index in [1.54, 1.807) is 0 Å². The summed E-state index contributed by atoms with van der Waals surface area (Å²) in [5, 5.41) is 2.85. The number of amides is 1. The van der Waals surface area contributed by atoms with Gasteiger partial charge in [0, 0.05) is 17.1 Å². The van der Waals surface area contributed by atoms with Crippen LogP contribution in [0.5, 0.6) is 0 Å². The second kappa shape index (κ2) is 9.18. The fraction of sp³-hybridized carbons (Fsp3) is 0.562. The van der Waals surface area contributed by atoms with E-state index < -0.39 is 0 Å². The molecule has 4 nitrogen and oxygen atoms in total. The van der Waals surface area contributed by atoms with Crippen LogP contribution in [0, 0.1) is 0 Å². The van der Waals surface area contributed by atoms with Gasteiger partial charge in [-0.3, -0.25) is 9.69 Å². The number of carbonyl (C=O) groups is 1. The van der Waals surface area contributed by atoms with Crippen LogP contribution in [-0.2, 0) is 4.79 Å². The van der Waals surface area contributed by atoms with Crippen molar-refractivity contribution in [2.75, 3.05) is 19.6 Å². The molecule has 0 aliphatic rings. The van der Waals surface area contributed by atoms with Gasteiger partial charge in [0.15, 0.2) is 0 Å². The van der Waals surface area contributed by atoms with Gasteiger partial charge < -0.3 is 11.1 Å². The molecule has 2 atom stereocenters. The van der Waals surface area contributed by atoms with Crippen LogP contribution in [0.2, 0.25) is 0 Å². The van der Waals surface area contributed by atoms with Crippen LogP contribution < -0.4 is 11.1 Å². The van der Waals surface area contributed by atoms with E-state index in [9.17, 15) is 4.79 Å². The number of benzene rings is 1. The van der Waals surface area contributed by atoms with Crippen molar-refractivity contribution in [3.05, 3.63) is 34.3 Å². The monoisotopic (exact) mass is 355 g/mol. The van der Waals surface area contributed by atoms with Crippen LogP contribution >= 0.6 is 15.9 Å². The standard InChI is InChI=1S/C16H26BrN3O/c1-4-14(18)16(12-8-7-9-13(17)10-12)20(6-3)11-15(21)19-5-2/h7-10,14,16H,4-6,11,18H2,1-3H3,(H,19,21). The summed E-state index contributed by atoms with van der Waals surface area (Å²) < 4.78 is 1.03. The van der Waals surface area contributed by atoms with Gasteiger partial charge in [-0.15, -0.1) is 0 Å². The maximum absolute atomic E-state index is 11.9. The summed E-state index contributed by atoms with van der Waals surface area (Å²) in [6.07, 6.45) is 0.864. The fourth-order valence-electron chi connectivity index (χ4n) is 2.49. The summed E-state index contributed by atoms with van der Waals surface area (Å²) in [4.78, 5) is 14.1. The number of nitrogens with zero attached hydrogens (tertiary/aromatic N) is 1. The van der Waals surface area contributed by atoms with Crippen LogP contribution in [0.4, 0.5) is 0 Å². The first-order chi connectivity index (χ1) is 10.0. The lowest BCUT2D eigenvalue weighted by atomic mass is 9.96. The molecule has 0 saturated carbocycles. The summed E-state index contributed by atoms with van der Waals surface area (Å²) in [5.74, 6) is 0.0441. The summed E-state index contributed by atoms with van der Waals surface area (Å²) in [6, 6.07) is 8.20. The largest absolute Gasteiger partial charge is 0.355 e. The summed E-state index contributed by atoms with van der Waals surface area (Å²) in [6.45, 7) is 7.87. The second-order valence-electron chi connectivity index (χ2n) is 5.09. The first-order valence-electron chi connectivity index (χ1n) is 7.55. The van der Waals surface area contributed by atoms with E-state index in [0.29, 0.717) is 13.1 Å². The molecule has 0 aliphatic heterocycles. The van der Waals surface area contributed by atoms with E-state index in [1.165, 1.54) is 0 Å². The maximum atomic E-state index is 11.9. The van der Waals surface area contributed by atoms with Crippen LogP contribution in [0.25, 0.3) is 0 Å². The highest BCUT2D eigenvalue weighted by atomic mass is 79.9. The second-order valence-corrected chi connectivity index (χ2v) is 6.00. The Morgan fingerprint density at radius 1 is 1.38 bits per heavy atom. The normalized spacial score (nSPS) is 14.0. The molecule has 1 aromatic carbocycles. The molecule has 0 saturated heterocycles. The summed E-state index contributed by atoms with van der Waals surface area (Å²) in [5.41, 5.74) is 7.48. The molecule has 0 spiro atoms. The van der Waals surface area contributed by atoms with Gasteiger partial charge in [-0.1, -0.05) is 41.9 Å². The lowest BCUT2D eigenvalue weighted by molar-refractivity contribution is -0.122. The zero-order valence-electron chi connectivity index (χ0n) is 13.1. The lowest BCUT2D eigenvalue weighted by Gasteiger charge is -2.34. The van der Waals surface area contributed by atoms with Crippen molar-refractivity contribution in [3.63, 3.8) is 0 Å². The third-order valence-electron chi connectivity index (χ3n) is 3.59. The Kier molecular flexibility index (Phi) is 7.93. The number of rotatable bonds is 8. The molecule has 3 N–H and O–H groups in total. The maximum Gasteiger partial charge on any atom is 0.234 e. The Labute approximate surface area is 136 Å². The number of carbonyl (C=O) groups excluding carboxylic acids is 1. The number of likely N-dealkylation sites (N-methyl/N-ethyl adjacent to an activating group) is 2. The fourth-order valence-corrected chi connectivity index (χ4v) is 2.90. The Bertz CT molecular complexity index is 453. The predicted octanol–water partition coefficient (Wildman–Crippen LogP) is 2.69. The van der Waals surface area contributed by atoms with E-state index in [1.807, 2.05) is 19.1 Å². The van der Waals surface area contributed by atoms with Crippen molar-refractivity contribution in [1.29, 1.82) is 0 Å². The first-order valence-corrected chi connectivity index (χ1v) is 8.34. The quantitative estimate of drug-likeness (QED) is 0.753.